The predicted octanol–water partition coefficient (Wildman–Crippen LogP) is 3.15. The van der Waals surface area contributed by atoms with Crippen molar-refractivity contribution in [3.8, 4) is 0 Å². The molecule has 1 atom stereocenters. The number of hydrogen-bond donors (Lipinski definition) is 4. The molecule has 0 bridgehead atoms. The first kappa shape index (κ1) is 26.5. The highest BCUT2D eigenvalue weighted by atomic mass is 35.5. The van der Waals surface area contributed by atoms with Gasteiger partial charge in [0.2, 0.25) is 5.91 Å². The van der Waals surface area contributed by atoms with Gasteiger partial charge in [-0.15, -0.1) is 12.4 Å². The number of carboxylic acid groups (broad SMARTS) is 1. The fraction of sp³-hybridized carbons (Fsp3) is 0.333. The Morgan fingerprint density at radius 2 is 2.00 bits per heavy atom. The lowest BCUT2D eigenvalue weighted by Gasteiger charge is -2.27. The molecule has 0 aliphatic carbocycles. The van der Waals surface area contributed by atoms with Gasteiger partial charge in [-0.25, -0.2) is 0 Å². The van der Waals surface area contributed by atoms with Crippen molar-refractivity contribution in [2.24, 2.45) is 5.73 Å². The van der Waals surface area contributed by atoms with Crippen LogP contribution in [0.5, 0.6) is 0 Å². The van der Waals surface area contributed by atoms with Gasteiger partial charge < -0.3 is 21.1 Å². The maximum absolute atomic E-state index is 13.0. The second-order valence-electron chi connectivity index (χ2n) is 8.48. The Labute approximate surface area is 211 Å². The van der Waals surface area contributed by atoms with Crippen LogP contribution in [0.2, 0.25) is 5.02 Å². The van der Waals surface area contributed by atoms with Crippen LogP contribution in [0.25, 0.3) is 11.0 Å². The fourth-order valence-corrected chi connectivity index (χ4v) is 4.79. The van der Waals surface area contributed by atoms with Gasteiger partial charge >= 0.3 is 17.1 Å². The Bertz CT molecular complexity index is 1400. The van der Waals surface area contributed by atoms with Gasteiger partial charge in [0.05, 0.1) is 11.0 Å². The van der Waals surface area contributed by atoms with Crippen LogP contribution in [-0.2, 0) is 29.0 Å². The number of halogens is 2. The number of benzene rings is 2. The molecule has 0 unspecified atom stereocenters. The molecule has 0 spiro atoms. The molecule has 186 valence electrons. The topological polar surface area (TPSA) is 147 Å². The average molecular weight is 521 g/mol. The van der Waals surface area contributed by atoms with Gasteiger partial charge in [-0.05, 0) is 60.6 Å². The summed E-state index contributed by atoms with van der Waals surface area (Å²) in [5, 5.41) is 12.3. The number of nitrogens with zero attached hydrogens (tertiary/aromatic N) is 1. The molecule has 2 aromatic carbocycles. The maximum Gasteiger partial charge on any atom is 0.317 e. The molecule has 1 aromatic heterocycles. The van der Waals surface area contributed by atoms with E-state index in [0.29, 0.717) is 54.0 Å². The van der Waals surface area contributed by atoms with E-state index in [1.807, 2.05) is 12.1 Å². The average Bonchev–Trinajstić information content (AvgIpc) is 2.78. The third kappa shape index (κ3) is 5.75. The number of aromatic nitrogens is 2. The summed E-state index contributed by atoms with van der Waals surface area (Å²) in [4.78, 5) is 51.4. The standard InChI is InChI=1S/C24H25ClN4O5.ClH/c25-16-9-15-5-6-17(29-22(15)19(10-16)28-23(33)24(29)34)11-20(30)27-18-7-4-13(12-26)8-14(18)2-1-3-21(31)32;/h4,7-10,17H,1-3,5-6,11-12,26H2,(H,27,30)(H,28,33)(H,31,32);1H/t17-;/m0./s1. The molecule has 1 aliphatic rings. The minimum absolute atomic E-state index is 0. The quantitative estimate of drug-likeness (QED) is 0.335. The van der Waals surface area contributed by atoms with E-state index in [1.54, 1.807) is 18.2 Å². The van der Waals surface area contributed by atoms with Crippen LogP contribution < -0.4 is 22.2 Å². The molecule has 0 radical (unpaired) electrons. The zero-order valence-electron chi connectivity index (χ0n) is 18.8. The number of carbonyl (C=O) groups excluding carboxylic acids is 1. The van der Waals surface area contributed by atoms with Crippen LogP contribution in [0.3, 0.4) is 0 Å². The van der Waals surface area contributed by atoms with Gasteiger partial charge in [0.15, 0.2) is 0 Å². The van der Waals surface area contributed by atoms with E-state index >= 15 is 0 Å². The predicted molar refractivity (Wildman–Crippen MR) is 137 cm³/mol. The first-order valence-corrected chi connectivity index (χ1v) is 11.4. The van der Waals surface area contributed by atoms with Crippen LogP contribution in [0.4, 0.5) is 5.69 Å². The Hall–Kier alpha value is -3.14. The van der Waals surface area contributed by atoms with Crippen molar-refractivity contribution in [3.05, 3.63) is 72.8 Å². The highest BCUT2D eigenvalue weighted by Gasteiger charge is 2.26. The molecule has 11 heteroatoms. The maximum atomic E-state index is 13.0. The lowest BCUT2D eigenvalue weighted by atomic mass is 9.96. The fourth-order valence-electron chi connectivity index (χ4n) is 4.55. The summed E-state index contributed by atoms with van der Waals surface area (Å²) in [5.41, 5.74) is 8.45. The summed E-state index contributed by atoms with van der Waals surface area (Å²) in [6.07, 6.45) is 2.06. The summed E-state index contributed by atoms with van der Waals surface area (Å²) in [5.74, 6) is -1.18. The summed E-state index contributed by atoms with van der Waals surface area (Å²) >= 11 is 6.16. The van der Waals surface area contributed by atoms with Crippen molar-refractivity contribution in [3.63, 3.8) is 0 Å². The molecule has 0 fully saturated rings. The van der Waals surface area contributed by atoms with Crippen molar-refractivity contribution >= 4 is 52.6 Å². The summed E-state index contributed by atoms with van der Waals surface area (Å²) in [6.45, 7) is 0.327. The molecule has 4 rings (SSSR count). The van der Waals surface area contributed by atoms with Gasteiger partial charge in [0, 0.05) is 36.1 Å². The number of aromatic amines is 1. The number of carboxylic acids is 1. The highest BCUT2D eigenvalue weighted by Crippen LogP contribution is 2.32. The molecule has 0 saturated carbocycles. The van der Waals surface area contributed by atoms with E-state index in [4.69, 9.17) is 22.4 Å². The Kier molecular flexibility index (Phi) is 8.37. The van der Waals surface area contributed by atoms with Gasteiger partial charge in [0.1, 0.15) is 0 Å². The van der Waals surface area contributed by atoms with Gasteiger partial charge in [-0.1, -0.05) is 23.7 Å². The lowest BCUT2D eigenvalue weighted by Crippen LogP contribution is -2.41. The second-order valence-corrected chi connectivity index (χ2v) is 8.91. The van der Waals surface area contributed by atoms with E-state index in [-0.39, 0.29) is 31.2 Å². The minimum Gasteiger partial charge on any atom is -0.481 e. The number of amides is 1. The molecule has 35 heavy (non-hydrogen) atoms. The zero-order chi connectivity index (χ0) is 24.4. The van der Waals surface area contributed by atoms with E-state index in [2.05, 4.69) is 10.3 Å². The summed E-state index contributed by atoms with van der Waals surface area (Å²) in [6, 6.07) is 8.32. The van der Waals surface area contributed by atoms with Crippen molar-refractivity contribution in [1.82, 2.24) is 9.55 Å². The molecular weight excluding hydrogens is 495 g/mol. The number of aryl methyl sites for hydroxylation is 2. The normalized spacial score (nSPS) is 14.4. The summed E-state index contributed by atoms with van der Waals surface area (Å²) in [7, 11) is 0. The molecule has 5 N–H and O–H groups in total. The molecule has 1 aliphatic heterocycles. The molecule has 2 heterocycles. The largest absolute Gasteiger partial charge is 0.481 e. The van der Waals surface area contributed by atoms with Crippen molar-refractivity contribution in [1.29, 1.82) is 0 Å². The van der Waals surface area contributed by atoms with E-state index in [9.17, 15) is 19.2 Å². The number of anilines is 1. The van der Waals surface area contributed by atoms with Gasteiger partial charge in [0.25, 0.3) is 0 Å². The van der Waals surface area contributed by atoms with Crippen LogP contribution in [0.15, 0.2) is 39.9 Å². The molecule has 1 amide bonds. The Morgan fingerprint density at radius 1 is 1.23 bits per heavy atom. The number of aliphatic carboxylic acids is 1. The number of rotatable bonds is 8. The van der Waals surface area contributed by atoms with Gasteiger partial charge in [-0.3, -0.25) is 23.7 Å². The second kappa shape index (κ2) is 11.1. The number of nitrogens with two attached hydrogens (primary N) is 1. The Morgan fingerprint density at radius 3 is 2.71 bits per heavy atom. The highest BCUT2D eigenvalue weighted by molar-refractivity contribution is 6.31. The van der Waals surface area contributed by atoms with E-state index in [1.165, 1.54) is 4.57 Å². The minimum atomic E-state index is -0.881. The van der Waals surface area contributed by atoms with Crippen LogP contribution in [0, 0.1) is 0 Å². The molecule has 9 nitrogen and oxygen atoms in total. The molecule has 0 saturated heterocycles. The third-order valence-corrected chi connectivity index (χ3v) is 6.32. The van der Waals surface area contributed by atoms with Crippen molar-refractivity contribution in [2.45, 2.75) is 51.1 Å². The van der Waals surface area contributed by atoms with Gasteiger partial charge in [-0.2, -0.15) is 0 Å². The smallest absolute Gasteiger partial charge is 0.317 e. The number of hydrogen-bond acceptors (Lipinski definition) is 5. The van der Waals surface area contributed by atoms with Crippen LogP contribution >= 0.6 is 24.0 Å². The van der Waals surface area contributed by atoms with Crippen molar-refractivity contribution < 1.29 is 14.7 Å². The first-order chi connectivity index (χ1) is 16.3. The number of H-pyrrole nitrogens is 1. The number of carbonyl (C=O) groups is 2. The first-order valence-electron chi connectivity index (χ1n) is 11.1. The lowest BCUT2D eigenvalue weighted by molar-refractivity contribution is -0.137. The Balaban J connectivity index is 0.00000342. The van der Waals surface area contributed by atoms with E-state index in [0.717, 1.165) is 16.7 Å². The molecular formula is C24H26Cl2N4O5. The van der Waals surface area contributed by atoms with Crippen LogP contribution in [0.1, 0.15) is 48.4 Å². The number of nitrogens with one attached hydrogen (secondary N) is 2. The third-order valence-electron chi connectivity index (χ3n) is 6.11. The van der Waals surface area contributed by atoms with Crippen molar-refractivity contribution in [2.75, 3.05) is 5.32 Å². The monoisotopic (exact) mass is 520 g/mol. The zero-order valence-corrected chi connectivity index (χ0v) is 20.4. The van der Waals surface area contributed by atoms with Crippen LogP contribution in [-0.4, -0.2) is 26.5 Å². The molecule has 3 aromatic rings. The summed E-state index contributed by atoms with van der Waals surface area (Å²) < 4.78 is 1.41. The SMILES string of the molecule is Cl.NCc1ccc(NC(=O)C[C@@H]2CCc3cc(Cl)cc4[nH]c(=O)c(=O)n2c34)c(CCCC(=O)O)c1. The van der Waals surface area contributed by atoms with E-state index < -0.39 is 23.1 Å².